The first-order chi connectivity index (χ1) is 14.2. The number of ether oxygens (including phenoxy) is 1. The minimum atomic E-state index is 0.0969. The Bertz CT molecular complexity index is 635. The van der Waals surface area contributed by atoms with Gasteiger partial charge in [0.05, 0.1) is 13.2 Å². The van der Waals surface area contributed by atoms with Crippen LogP contribution in [0, 0.1) is 0 Å². The van der Waals surface area contributed by atoms with Crippen molar-refractivity contribution in [3.05, 3.63) is 41.5 Å². The van der Waals surface area contributed by atoms with Gasteiger partial charge in [0, 0.05) is 38.8 Å². The molecule has 29 heavy (non-hydrogen) atoms. The van der Waals surface area contributed by atoms with Crippen molar-refractivity contribution in [3.8, 4) is 0 Å². The van der Waals surface area contributed by atoms with Gasteiger partial charge in [-0.05, 0) is 31.7 Å². The van der Waals surface area contributed by atoms with E-state index in [0.29, 0.717) is 12.6 Å². The van der Waals surface area contributed by atoms with E-state index in [1.807, 2.05) is 11.0 Å². The van der Waals surface area contributed by atoms with Crippen LogP contribution in [0.25, 0.3) is 6.08 Å². The molecule has 1 saturated carbocycles. The minimum Gasteiger partial charge on any atom is -0.379 e. The zero-order valence-corrected chi connectivity index (χ0v) is 17.9. The van der Waals surface area contributed by atoms with Crippen molar-refractivity contribution >= 4 is 12.1 Å². The summed E-state index contributed by atoms with van der Waals surface area (Å²) in [7, 11) is 0. The van der Waals surface area contributed by atoms with Crippen LogP contribution < -0.4 is 5.32 Å². The first-order valence-corrected chi connectivity index (χ1v) is 11.3. The fraction of sp³-hybridized carbons (Fsp3) is 0.625. The van der Waals surface area contributed by atoms with Gasteiger partial charge in [-0.15, -0.1) is 0 Å². The average Bonchev–Trinajstić information content (AvgIpc) is 2.75. The van der Waals surface area contributed by atoms with Crippen LogP contribution in [0.4, 0.5) is 4.79 Å². The topological polar surface area (TPSA) is 44.8 Å². The standard InChI is InChI=1S/C24H37N3O2/c1-21(19-22-9-4-2-5-10-22)20-27(14-8-13-26-15-17-29-18-16-26)24(28)25-23-11-6-3-7-12-23/h2,4-5,9-10,19,23H,3,6-8,11-18,20H2,1H3,(H,25,28)/b21-19+. The lowest BCUT2D eigenvalue weighted by Gasteiger charge is -2.30. The highest BCUT2D eigenvalue weighted by Gasteiger charge is 2.20. The lowest BCUT2D eigenvalue weighted by atomic mass is 9.96. The van der Waals surface area contributed by atoms with E-state index in [4.69, 9.17) is 4.74 Å². The fourth-order valence-electron chi connectivity index (χ4n) is 4.26. The number of amides is 2. The maximum absolute atomic E-state index is 13.0. The van der Waals surface area contributed by atoms with E-state index in [-0.39, 0.29) is 6.03 Å². The third-order valence-electron chi connectivity index (χ3n) is 5.88. The summed E-state index contributed by atoms with van der Waals surface area (Å²) < 4.78 is 5.44. The number of hydrogen-bond acceptors (Lipinski definition) is 3. The van der Waals surface area contributed by atoms with E-state index in [9.17, 15) is 4.79 Å². The van der Waals surface area contributed by atoms with E-state index in [2.05, 4.69) is 47.5 Å². The van der Waals surface area contributed by atoms with E-state index in [1.54, 1.807) is 0 Å². The van der Waals surface area contributed by atoms with Gasteiger partial charge in [-0.1, -0.05) is 61.2 Å². The lowest BCUT2D eigenvalue weighted by molar-refractivity contribution is 0.0365. The number of morpholine rings is 1. The molecule has 0 atom stereocenters. The van der Waals surface area contributed by atoms with Gasteiger partial charge in [-0.2, -0.15) is 0 Å². The second-order valence-electron chi connectivity index (χ2n) is 8.41. The van der Waals surface area contributed by atoms with Crippen molar-refractivity contribution in [3.63, 3.8) is 0 Å². The molecule has 0 radical (unpaired) electrons. The van der Waals surface area contributed by atoms with Crippen LogP contribution in [0.1, 0.15) is 51.0 Å². The number of rotatable bonds is 8. The number of benzene rings is 1. The zero-order chi connectivity index (χ0) is 20.3. The molecule has 0 spiro atoms. The van der Waals surface area contributed by atoms with Crippen LogP contribution >= 0.6 is 0 Å². The molecule has 2 fully saturated rings. The Hall–Kier alpha value is -1.85. The summed E-state index contributed by atoms with van der Waals surface area (Å²) in [6.07, 6.45) is 9.18. The minimum absolute atomic E-state index is 0.0969. The van der Waals surface area contributed by atoms with Gasteiger partial charge in [0.15, 0.2) is 0 Å². The van der Waals surface area contributed by atoms with Crippen LogP contribution in [0.15, 0.2) is 35.9 Å². The molecule has 1 aromatic carbocycles. The normalized spacial score (nSPS) is 19.1. The molecular weight excluding hydrogens is 362 g/mol. The van der Waals surface area contributed by atoms with Gasteiger partial charge in [0.1, 0.15) is 0 Å². The van der Waals surface area contributed by atoms with Gasteiger partial charge in [-0.3, -0.25) is 4.90 Å². The van der Waals surface area contributed by atoms with Gasteiger partial charge < -0.3 is 15.0 Å². The second-order valence-corrected chi connectivity index (χ2v) is 8.41. The van der Waals surface area contributed by atoms with Crippen LogP contribution in [-0.4, -0.2) is 67.8 Å². The number of urea groups is 1. The molecule has 2 amide bonds. The summed E-state index contributed by atoms with van der Waals surface area (Å²) in [5, 5.41) is 3.30. The largest absolute Gasteiger partial charge is 0.379 e. The summed E-state index contributed by atoms with van der Waals surface area (Å²) in [6.45, 7) is 8.26. The molecule has 3 rings (SSSR count). The van der Waals surface area contributed by atoms with E-state index >= 15 is 0 Å². The highest BCUT2D eigenvalue weighted by atomic mass is 16.5. The first-order valence-electron chi connectivity index (χ1n) is 11.3. The van der Waals surface area contributed by atoms with E-state index in [1.165, 1.54) is 30.4 Å². The summed E-state index contributed by atoms with van der Waals surface area (Å²) in [5.74, 6) is 0. The molecule has 5 nitrogen and oxygen atoms in total. The molecule has 0 bridgehead atoms. The smallest absolute Gasteiger partial charge is 0.317 e. The van der Waals surface area contributed by atoms with E-state index in [0.717, 1.165) is 58.7 Å². The van der Waals surface area contributed by atoms with Crippen molar-refractivity contribution in [1.29, 1.82) is 0 Å². The molecule has 1 aliphatic carbocycles. The van der Waals surface area contributed by atoms with Crippen LogP contribution in [-0.2, 0) is 4.74 Å². The number of nitrogens with zero attached hydrogens (tertiary/aromatic N) is 2. The van der Waals surface area contributed by atoms with Crippen molar-refractivity contribution < 1.29 is 9.53 Å². The third-order valence-corrected chi connectivity index (χ3v) is 5.88. The van der Waals surface area contributed by atoms with Gasteiger partial charge in [0.25, 0.3) is 0 Å². The zero-order valence-electron chi connectivity index (χ0n) is 17.9. The molecule has 160 valence electrons. The maximum atomic E-state index is 13.0. The number of carbonyl (C=O) groups is 1. The summed E-state index contributed by atoms with van der Waals surface area (Å²) in [5.41, 5.74) is 2.40. The van der Waals surface area contributed by atoms with Crippen molar-refractivity contribution in [2.24, 2.45) is 0 Å². The number of nitrogens with one attached hydrogen (secondary N) is 1. The molecule has 1 aromatic rings. The Morgan fingerprint density at radius 1 is 1.17 bits per heavy atom. The quantitative estimate of drug-likeness (QED) is 0.714. The van der Waals surface area contributed by atoms with Crippen LogP contribution in [0.5, 0.6) is 0 Å². The van der Waals surface area contributed by atoms with Gasteiger partial charge in [-0.25, -0.2) is 4.79 Å². The van der Waals surface area contributed by atoms with Crippen molar-refractivity contribution in [1.82, 2.24) is 15.1 Å². The second kappa shape index (κ2) is 12.0. The summed E-state index contributed by atoms with van der Waals surface area (Å²) in [4.78, 5) is 17.5. The Labute approximate surface area is 176 Å². The molecule has 0 aromatic heterocycles. The Morgan fingerprint density at radius 2 is 1.90 bits per heavy atom. The van der Waals surface area contributed by atoms with Crippen LogP contribution in [0.2, 0.25) is 0 Å². The highest BCUT2D eigenvalue weighted by molar-refractivity contribution is 5.75. The molecule has 0 unspecified atom stereocenters. The van der Waals surface area contributed by atoms with E-state index < -0.39 is 0 Å². The van der Waals surface area contributed by atoms with Gasteiger partial charge >= 0.3 is 6.03 Å². The molecule has 2 aliphatic rings. The van der Waals surface area contributed by atoms with Crippen LogP contribution in [0.3, 0.4) is 0 Å². The molecule has 1 saturated heterocycles. The fourth-order valence-corrected chi connectivity index (χ4v) is 4.26. The Balaban J connectivity index is 1.56. The third kappa shape index (κ3) is 7.82. The SMILES string of the molecule is C/C(=C\c1ccccc1)CN(CCCN1CCOCC1)C(=O)NC1CCCCC1. The number of carbonyl (C=O) groups excluding carboxylic acids is 1. The molecular formula is C24H37N3O2. The van der Waals surface area contributed by atoms with Gasteiger partial charge in [0.2, 0.25) is 0 Å². The molecule has 1 heterocycles. The predicted octanol–water partition coefficient (Wildman–Crippen LogP) is 4.16. The lowest BCUT2D eigenvalue weighted by Crippen LogP contribution is -2.47. The highest BCUT2D eigenvalue weighted by Crippen LogP contribution is 2.18. The molecule has 1 N–H and O–H groups in total. The Kier molecular flexibility index (Phi) is 9.03. The maximum Gasteiger partial charge on any atom is 0.317 e. The first kappa shape index (κ1) is 21.8. The van der Waals surface area contributed by atoms with Crippen molar-refractivity contribution in [2.75, 3.05) is 45.9 Å². The predicted molar refractivity (Wildman–Crippen MR) is 119 cm³/mol. The summed E-state index contributed by atoms with van der Waals surface area (Å²) >= 11 is 0. The average molecular weight is 400 g/mol. The number of hydrogen-bond donors (Lipinski definition) is 1. The molecule has 5 heteroatoms. The monoisotopic (exact) mass is 399 g/mol. The Morgan fingerprint density at radius 3 is 2.62 bits per heavy atom. The summed E-state index contributed by atoms with van der Waals surface area (Å²) in [6, 6.07) is 10.8. The van der Waals surface area contributed by atoms with Crippen molar-refractivity contribution in [2.45, 2.75) is 51.5 Å². The molecule has 1 aliphatic heterocycles.